The van der Waals surface area contributed by atoms with Crippen LogP contribution in [-0.2, 0) is 19.1 Å². The number of aryl methyl sites for hydroxylation is 1. The van der Waals surface area contributed by atoms with Crippen LogP contribution in [0.25, 0.3) is 0 Å². The van der Waals surface area contributed by atoms with Crippen LogP contribution >= 0.6 is 0 Å². The summed E-state index contributed by atoms with van der Waals surface area (Å²) >= 11 is 0. The summed E-state index contributed by atoms with van der Waals surface area (Å²) in [7, 11) is 0. The monoisotopic (exact) mass is 250 g/mol. The van der Waals surface area contributed by atoms with E-state index in [2.05, 4.69) is 0 Å². The van der Waals surface area contributed by atoms with Crippen LogP contribution in [0.3, 0.4) is 0 Å². The zero-order valence-electron chi connectivity index (χ0n) is 10.9. The fourth-order valence-corrected chi connectivity index (χ4v) is 1.29. The van der Waals surface area contributed by atoms with Crippen LogP contribution in [0.1, 0.15) is 44.1 Å². The molecular weight excluding hydrogens is 232 g/mol. The number of hydrogen-bond donors (Lipinski definition) is 0. The van der Waals surface area contributed by atoms with E-state index < -0.39 is 18.2 Å². The van der Waals surface area contributed by atoms with Crippen molar-refractivity contribution in [2.24, 2.45) is 0 Å². The molecule has 0 unspecified atom stereocenters. The lowest BCUT2D eigenvalue weighted by atomic mass is 10.1. The van der Waals surface area contributed by atoms with Gasteiger partial charge in [-0.15, -0.1) is 0 Å². The Labute approximate surface area is 107 Å². The zero-order valence-corrected chi connectivity index (χ0v) is 10.9. The highest BCUT2D eigenvalue weighted by Gasteiger charge is 2.19. The molecule has 0 radical (unpaired) electrons. The van der Waals surface area contributed by atoms with Gasteiger partial charge in [0.05, 0.1) is 0 Å². The van der Waals surface area contributed by atoms with Crippen LogP contribution in [0.4, 0.5) is 0 Å². The largest absolute Gasteiger partial charge is 0.421 e. The van der Waals surface area contributed by atoms with E-state index in [1.165, 1.54) is 0 Å². The topological polar surface area (TPSA) is 52.6 Å². The molecule has 0 aliphatic carbocycles. The summed E-state index contributed by atoms with van der Waals surface area (Å²) in [4.78, 5) is 22.6. The molecule has 0 atom stereocenters. The van der Waals surface area contributed by atoms with Crippen molar-refractivity contribution < 1.29 is 19.1 Å². The van der Waals surface area contributed by atoms with Gasteiger partial charge in [0.1, 0.15) is 0 Å². The van der Waals surface area contributed by atoms with Gasteiger partial charge in [-0.1, -0.05) is 43.7 Å². The zero-order chi connectivity index (χ0) is 13.5. The fourth-order valence-electron chi connectivity index (χ4n) is 1.29. The van der Waals surface area contributed by atoms with Crippen LogP contribution in [0, 0.1) is 6.92 Å². The maximum absolute atomic E-state index is 11.3. The highest BCUT2D eigenvalue weighted by atomic mass is 16.7. The molecule has 0 spiro atoms. The van der Waals surface area contributed by atoms with E-state index in [0.717, 1.165) is 5.56 Å². The molecule has 0 fully saturated rings. The van der Waals surface area contributed by atoms with Crippen LogP contribution in [0.2, 0.25) is 0 Å². The second kappa shape index (κ2) is 6.79. The van der Waals surface area contributed by atoms with E-state index in [-0.39, 0.29) is 12.8 Å². The Morgan fingerprint density at radius 1 is 1.00 bits per heavy atom. The number of ether oxygens (including phenoxy) is 2. The minimum absolute atomic E-state index is 0.242. The Bertz CT molecular complexity index is 390. The van der Waals surface area contributed by atoms with E-state index in [4.69, 9.17) is 9.47 Å². The summed E-state index contributed by atoms with van der Waals surface area (Å²) in [5.74, 6) is -0.797. The molecule has 0 aliphatic heterocycles. The Morgan fingerprint density at radius 3 is 1.83 bits per heavy atom. The average Bonchev–Trinajstić information content (AvgIpc) is 2.38. The van der Waals surface area contributed by atoms with Crippen molar-refractivity contribution in [2.45, 2.75) is 39.9 Å². The van der Waals surface area contributed by atoms with Gasteiger partial charge in [0.15, 0.2) is 0 Å². The molecule has 1 rings (SSSR count). The van der Waals surface area contributed by atoms with Crippen molar-refractivity contribution in [2.75, 3.05) is 0 Å². The van der Waals surface area contributed by atoms with Gasteiger partial charge in [-0.05, 0) is 6.92 Å². The Balaban J connectivity index is 2.85. The summed E-state index contributed by atoms with van der Waals surface area (Å²) in [5, 5.41) is 0. The van der Waals surface area contributed by atoms with Gasteiger partial charge in [0.25, 0.3) is 6.29 Å². The van der Waals surface area contributed by atoms with Gasteiger partial charge < -0.3 is 9.47 Å². The fraction of sp³-hybridized carbons (Fsp3) is 0.429. The van der Waals surface area contributed by atoms with Crippen LogP contribution in [-0.4, -0.2) is 11.9 Å². The summed E-state index contributed by atoms with van der Waals surface area (Å²) < 4.78 is 10.2. The first-order valence-electron chi connectivity index (χ1n) is 6.02. The molecular formula is C14H18O4. The molecule has 4 nitrogen and oxygen atoms in total. The number of rotatable bonds is 5. The molecule has 0 amide bonds. The number of hydrogen-bond acceptors (Lipinski definition) is 4. The van der Waals surface area contributed by atoms with Crippen molar-refractivity contribution in [3.8, 4) is 0 Å². The van der Waals surface area contributed by atoms with E-state index in [1.54, 1.807) is 26.0 Å². The van der Waals surface area contributed by atoms with Crippen LogP contribution in [0.5, 0.6) is 0 Å². The number of esters is 2. The molecule has 18 heavy (non-hydrogen) atoms. The van der Waals surface area contributed by atoms with E-state index in [1.807, 2.05) is 19.1 Å². The van der Waals surface area contributed by atoms with Crippen molar-refractivity contribution >= 4 is 11.9 Å². The van der Waals surface area contributed by atoms with E-state index in [9.17, 15) is 9.59 Å². The third-order valence-corrected chi connectivity index (χ3v) is 2.40. The van der Waals surface area contributed by atoms with Crippen molar-refractivity contribution in [1.82, 2.24) is 0 Å². The number of benzene rings is 1. The molecule has 0 heterocycles. The normalized spacial score (nSPS) is 10.2. The lowest BCUT2D eigenvalue weighted by Crippen LogP contribution is -2.17. The smallest absolute Gasteiger partial charge is 0.308 e. The van der Waals surface area contributed by atoms with Gasteiger partial charge >= 0.3 is 11.9 Å². The molecule has 0 aromatic heterocycles. The SMILES string of the molecule is CCC(=O)OC(OC(=O)CC)c1ccc(C)cc1. The number of carbonyl (C=O) groups is 2. The van der Waals surface area contributed by atoms with Gasteiger partial charge in [0.2, 0.25) is 0 Å². The van der Waals surface area contributed by atoms with Gasteiger partial charge in [-0.2, -0.15) is 0 Å². The van der Waals surface area contributed by atoms with Crippen LogP contribution in [0.15, 0.2) is 24.3 Å². The molecule has 0 bridgehead atoms. The molecule has 4 heteroatoms. The summed E-state index contributed by atoms with van der Waals surface area (Å²) in [6, 6.07) is 7.32. The first-order valence-corrected chi connectivity index (χ1v) is 6.02. The standard InChI is InChI=1S/C14H18O4/c1-4-12(15)17-14(18-13(16)5-2)11-8-6-10(3)7-9-11/h6-9,14H,4-5H2,1-3H3. The predicted octanol–water partition coefficient (Wildman–Crippen LogP) is 2.90. The Kier molecular flexibility index (Phi) is 5.36. The van der Waals surface area contributed by atoms with Gasteiger partial charge in [0, 0.05) is 18.4 Å². The molecule has 1 aromatic rings. The summed E-state index contributed by atoms with van der Waals surface area (Å²) in [6.07, 6.45) is -0.469. The predicted molar refractivity (Wildman–Crippen MR) is 66.7 cm³/mol. The van der Waals surface area contributed by atoms with E-state index >= 15 is 0 Å². The first kappa shape index (κ1) is 14.2. The third kappa shape index (κ3) is 4.20. The molecule has 98 valence electrons. The van der Waals surface area contributed by atoms with E-state index in [0.29, 0.717) is 5.56 Å². The average molecular weight is 250 g/mol. The van der Waals surface area contributed by atoms with Crippen molar-refractivity contribution in [3.63, 3.8) is 0 Å². The van der Waals surface area contributed by atoms with Crippen molar-refractivity contribution in [1.29, 1.82) is 0 Å². The van der Waals surface area contributed by atoms with Gasteiger partial charge in [-0.3, -0.25) is 9.59 Å². The number of carbonyl (C=O) groups excluding carboxylic acids is 2. The quantitative estimate of drug-likeness (QED) is 0.595. The van der Waals surface area contributed by atoms with Gasteiger partial charge in [-0.25, -0.2) is 0 Å². The minimum Gasteiger partial charge on any atom is -0.421 e. The summed E-state index contributed by atoms with van der Waals surface area (Å²) in [6.45, 7) is 5.33. The summed E-state index contributed by atoms with van der Waals surface area (Å²) in [5.41, 5.74) is 1.74. The molecule has 1 aromatic carbocycles. The second-order valence-corrected chi connectivity index (χ2v) is 3.93. The Hall–Kier alpha value is -1.84. The maximum Gasteiger partial charge on any atom is 0.308 e. The highest BCUT2D eigenvalue weighted by Crippen LogP contribution is 2.21. The molecule has 0 saturated heterocycles. The lowest BCUT2D eigenvalue weighted by Gasteiger charge is -2.18. The van der Waals surface area contributed by atoms with Crippen LogP contribution < -0.4 is 0 Å². The molecule has 0 aliphatic rings. The first-order chi connectivity index (χ1) is 8.56. The minimum atomic E-state index is -0.953. The lowest BCUT2D eigenvalue weighted by molar-refractivity contribution is -0.189. The highest BCUT2D eigenvalue weighted by molar-refractivity contribution is 5.71. The second-order valence-electron chi connectivity index (χ2n) is 3.93. The molecule has 0 saturated carbocycles. The molecule has 0 N–H and O–H groups in total. The Morgan fingerprint density at radius 2 is 1.44 bits per heavy atom. The maximum atomic E-state index is 11.3. The van der Waals surface area contributed by atoms with Crippen molar-refractivity contribution in [3.05, 3.63) is 35.4 Å². The third-order valence-electron chi connectivity index (χ3n) is 2.40.